The van der Waals surface area contributed by atoms with Gasteiger partial charge in [-0.1, -0.05) is 12.1 Å². The second-order valence-electron chi connectivity index (χ2n) is 3.92. The summed E-state index contributed by atoms with van der Waals surface area (Å²) in [4.78, 5) is 12.2. The summed E-state index contributed by atoms with van der Waals surface area (Å²) < 4.78 is 19.1. The molecule has 0 heterocycles. The van der Waals surface area contributed by atoms with Crippen LogP contribution >= 0.6 is 15.9 Å². The average Bonchev–Trinajstić information content (AvgIpc) is 2.42. The van der Waals surface area contributed by atoms with Crippen LogP contribution < -0.4 is 4.74 Å². The maximum Gasteiger partial charge on any atom is 0.193 e. The van der Waals surface area contributed by atoms with Crippen molar-refractivity contribution >= 4 is 21.7 Å². The van der Waals surface area contributed by atoms with Crippen LogP contribution in [0.4, 0.5) is 4.39 Å². The van der Waals surface area contributed by atoms with Gasteiger partial charge in [-0.05, 0) is 53.2 Å². The number of carbonyl (C=O) groups excluding carboxylic acids is 1. The molecular formula is C15H12BrFO2. The smallest absolute Gasteiger partial charge is 0.193 e. The van der Waals surface area contributed by atoms with Crippen LogP contribution in [-0.2, 0) is 0 Å². The molecule has 0 N–H and O–H groups in total. The van der Waals surface area contributed by atoms with Crippen molar-refractivity contribution in [2.75, 3.05) is 6.61 Å². The molecular weight excluding hydrogens is 311 g/mol. The van der Waals surface area contributed by atoms with E-state index in [0.29, 0.717) is 28.0 Å². The Morgan fingerprint density at radius 2 is 1.95 bits per heavy atom. The van der Waals surface area contributed by atoms with E-state index in [0.717, 1.165) is 0 Å². The van der Waals surface area contributed by atoms with Gasteiger partial charge in [0.1, 0.15) is 11.6 Å². The highest BCUT2D eigenvalue weighted by molar-refractivity contribution is 9.10. The Bertz CT molecular complexity index is 611. The first-order valence-electron chi connectivity index (χ1n) is 5.84. The van der Waals surface area contributed by atoms with Crippen molar-refractivity contribution in [2.24, 2.45) is 0 Å². The van der Waals surface area contributed by atoms with E-state index in [4.69, 9.17) is 4.74 Å². The highest BCUT2D eigenvalue weighted by atomic mass is 79.9. The lowest BCUT2D eigenvalue weighted by molar-refractivity contribution is 0.103. The second-order valence-corrected chi connectivity index (χ2v) is 4.77. The molecule has 2 rings (SSSR count). The Hall–Kier alpha value is -1.68. The highest BCUT2D eigenvalue weighted by Gasteiger charge is 2.12. The van der Waals surface area contributed by atoms with Gasteiger partial charge >= 0.3 is 0 Å². The van der Waals surface area contributed by atoms with Gasteiger partial charge in [0.25, 0.3) is 0 Å². The first-order valence-corrected chi connectivity index (χ1v) is 6.63. The molecule has 2 nitrogen and oxygen atoms in total. The molecule has 0 aliphatic carbocycles. The van der Waals surface area contributed by atoms with Crippen LogP contribution in [0.1, 0.15) is 22.8 Å². The number of rotatable bonds is 4. The standard InChI is InChI=1S/C15H12BrFO2/c1-2-19-12-5-3-4-10(8-12)15(18)11-6-7-13(16)14(17)9-11/h3-9H,2H2,1H3. The molecule has 0 bridgehead atoms. The molecule has 0 radical (unpaired) electrons. The van der Waals surface area contributed by atoms with Gasteiger partial charge in [0.2, 0.25) is 0 Å². The van der Waals surface area contributed by atoms with Gasteiger partial charge in [0.05, 0.1) is 11.1 Å². The van der Waals surface area contributed by atoms with Crippen molar-refractivity contribution in [1.29, 1.82) is 0 Å². The molecule has 0 atom stereocenters. The summed E-state index contributed by atoms with van der Waals surface area (Å²) in [6, 6.07) is 11.2. The number of ether oxygens (including phenoxy) is 1. The fourth-order valence-corrected chi connectivity index (χ4v) is 1.94. The zero-order valence-electron chi connectivity index (χ0n) is 10.3. The molecule has 0 saturated carbocycles. The Kier molecular flexibility index (Phi) is 4.32. The summed E-state index contributed by atoms with van der Waals surface area (Å²) in [7, 11) is 0. The first kappa shape index (κ1) is 13.7. The SMILES string of the molecule is CCOc1cccc(C(=O)c2ccc(Br)c(F)c2)c1. The van der Waals surface area contributed by atoms with E-state index in [1.807, 2.05) is 6.92 Å². The van der Waals surface area contributed by atoms with E-state index in [1.165, 1.54) is 12.1 Å². The van der Waals surface area contributed by atoms with Gasteiger partial charge < -0.3 is 4.74 Å². The number of halogens is 2. The third-order valence-electron chi connectivity index (χ3n) is 2.59. The van der Waals surface area contributed by atoms with Crippen LogP contribution in [0.3, 0.4) is 0 Å². The molecule has 19 heavy (non-hydrogen) atoms. The van der Waals surface area contributed by atoms with Crippen molar-refractivity contribution < 1.29 is 13.9 Å². The van der Waals surface area contributed by atoms with Crippen molar-refractivity contribution in [2.45, 2.75) is 6.92 Å². The van der Waals surface area contributed by atoms with E-state index in [1.54, 1.807) is 30.3 Å². The number of benzene rings is 2. The van der Waals surface area contributed by atoms with Crippen LogP contribution in [0, 0.1) is 5.82 Å². The fraction of sp³-hybridized carbons (Fsp3) is 0.133. The van der Waals surface area contributed by atoms with Crippen LogP contribution in [0.5, 0.6) is 5.75 Å². The summed E-state index contributed by atoms with van der Waals surface area (Å²) in [5, 5.41) is 0. The number of ketones is 1. The molecule has 98 valence electrons. The number of hydrogen-bond donors (Lipinski definition) is 0. The molecule has 0 spiro atoms. The van der Waals surface area contributed by atoms with Gasteiger partial charge in [-0.15, -0.1) is 0 Å². The van der Waals surface area contributed by atoms with Crippen LogP contribution in [-0.4, -0.2) is 12.4 Å². The lowest BCUT2D eigenvalue weighted by atomic mass is 10.0. The van der Waals surface area contributed by atoms with Gasteiger partial charge in [0.15, 0.2) is 5.78 Å². The second kappa shape index (κ2) is 5.97. The molecule has 2 aromatic carbocycles. The van der Waals surface area contributed by atoms with Crippen LogP contribution in [0.25, 0.3) is 0 Å². The number of carbonyl (C=O) groups is 1. The van der Waals surface area contributed by atoms with Gasteiger partial charge in [-0.2, -0.15) is 0 Å². The molecule has 4 heteroatoms. The molecule has 0 unspecified atom stereocenters. The molecule has 0 aliphatic heterocycles. The minimum absolute atomic E-state index is 0.229. The Morgan fingerprint density at radius 3 is 2.63 bits per heavy atom. The largest absolute Gasteiger partial charge is 0.494 e. The van der Waals surface area contributed by atoms with Gasteiger partial charge in [-0.3, -0.25) is 4.79 Å². The zero-order chi connectivity index (χ0) is 13.8. The quantitative estimate of drug-likeness (QED) is 0.788. The minimum atomic E-state index is -0.452. The summed E-state index contributed by atoms with van der Waals surface area (Å²) in [6.07, 6.45) is 0. The van der Waals surface area contributed by atoms with Crippen LogP contribution in [0.15, 0.2) is 46.9 Å². The topological polar surface area (TPSA) is 26.3 Å². The van der Waals surface area contributed by atoms with Gasteiger partial charge in [-0.25, -0.2) is 4.39 Å². The maximum atomic E-state index is 13.4. The molecule has 0 fully saturated rings. The van der Waals surface area contributed by atoms with Crippen LogP contribution in [0.2, 0.25) is 0 Å². The Morgan fingerprint density at radius 1 is 1.21 bits per heavy atom. The van der Waals surface area contributed by atoms with Crippen molar-refractivity contribution in [3.05, 3.63) is 63.9 Å². The van der Waals surface area contributed by atoms with E-state index in [9.17, 15) is 9.18 Å². The Labute approximate surface area is 119 Å². The molecule has 0 aromatic heterocycles. The average molecular weight is 323 g/mol. The van der Waals surface area contributed by atoms with E-state index < -0.39 is 5.82 Å². The fourth-order valence-electron chi connectivity index (χ4n) is 1.70. The molecule has 2 aromatic rings. The highest BCUT2D eigenvalue weighted by Crippen LogP contribution is 2.20. The summed E-state index contributed by atoms with van der Waals surface area (Å²) in [5.74, 6) is -0.0503. The summed E-state index contributed by atoms with van der Waals surface area (Å²) in [5.41, 5.74) is 0.794. The van der Waals surface area contributed by atoms with E-state index in [2.05, 4.69) is 15.9 Å². The minimum Gasteiger partial charge on any atom is -0.494 e. The van der Waals surface area contributed by atoms with E-state index in [-0.39, 0.29) is 5.78 Å². The maximum absolute atomic E-state index is 13.4. The molecule has 0 aliphatic rings. The predicted octanol–water partition coefficient (Wildman–Crippen LogP) is 4.22. The van der Waals surface area contributed by atoms with Gasteiger partial charge in [0, 0.05) is 11.1 Å². The van der Waals surface area contributed by atoms with Crippen molar-refractivity contribution in [3.8, 4) is 5.75 Å². The monoisotopic (exact) mass is 322 g/mol. The lowest BCUT2D eigenvalue weighted by Crippen LogP contribution is -2.02. The molecule has 0 amide bonds. The summed E-state index contributed by atoms with van der Waals surface area (Å²) >= 11 is 3.06. The summed E-state index contributed by atoms with van der Waals surface area (Å²) in [6.45, 7) is 2.41. The third-order valence-corrected chi connectivity index (χ3v) is 3.23. The Balaban J connectivity index is 2.32. The van der Waals surface area contributed by atoms with Crippen molar-refractivity contribution in [1.82, 2.24) is 0 Å². The lowest BCUT2D eigenvalue weighted by Gasteiger charge is -2.06. The third kappa shape index (κ3) is 3.20. The first-order chi connectivity index (χ1) is 9.11. The normalized spacial score (nSPS) is 10.3. The number of hydrogen-bond acceptors (Lipinski definition) is 2. The van der Waals surface area contributed by atoms with E-state index >= 15 is 0 Å². The predicted molar refractivity (Wildman–Crippen MR) is 75.1 cm³/mol. The van der Waals surface area contributed by atoms with Crippen molar-refractivity contribution in [3.63, 3.8) is 0 Å². The zero-order valence-corrected chi connectivity index (χ0v) is 11.9. The molecule has 0 saturated heterocycles.